The molecule has 0 N–H and O–H groups in total. The zero-order chi connectivity index (χ0) is 21.5. The number of allylic oxidation sites excluding steroid dienone is 4. The minimum Gasteiger partial charge on any atom is -0.347 e. The van der Waals surface area contributed by atoms with Crippen LogP contribution < -0.4 is 9.47 Å². The van der Waals surface area contributed by atoms with Gasteiger partial charge in [0.2, 0.25) is 5.52 Å². The molecule has 2 nitrogen and oxygen atoms in total. The van der Waals surface area contributed by atoms with Crippen molar-refractivity contribution in [1.29, 1.82) is 0 Å². The summed E-state index contributed by atoms with van der Waals surface area (Å²) in [4.78, 5) is 2.42. The fourth-order valence-corrected chi connectivity index (χ4v) is 5.28. The summed E-state index contributed by atoms with van der Waals surface area (Å²) in [7, 11) is 2.14. The van der Waals surface area contributed by atoms with Crippen molar-refractivity contribution in [2.45, 2.75) is 45.4 Å². The van der Waals surface area contributed by atoms with Gasteiger partial charge in [-0.2, -0.15) is 4.57 Å². The number of aryl methyl sites for hydroxylation is 1. The predicted octanol–water partition coefficient (Wildman–Crippen LogP) is 7.52. The number of fused-ring (bicyclic) bond motifs is 2. The minimum absolute atomic E-state index is 1.10. The summed E-state index contributed by atoms with van der Waals surface area (Å²) in [5, 5.41) is 1.26. The molecule has 0 unspecified atom stereocenters. The van der Waals surface area contributed by atoms with Gasteiger partial charge in [0.1, 0.15) is 11.7 Å². The molecular formula is C28H33N2S+. The van der Waals surface area contributed by atoms with Crippen molar-refractivity contribution >= 4 is 38.9 Å². The molecule has 160 valence electrons. The number of aromatic nitrogens is 1. The van der Waals surface area contributed by atoms with Crippen LogP contribution in [0.15, 0.2) is 73.0 Å². The molecule has 2 heterocycles. The first-order valence-corrected chi connectivity index (χ1v) is 12.4. The largest absolute Gasteiger partial charge is 0.347 e. The Balaban J connectivity index is 1.46. The number of benzene rings is 2. The lowest BCUT2D eigenvalue weighted by atomic mass is 9.99. The fraction of sp³-hybridized carbons (Fsp3) is 0.321. The molecular weight excluding hydrogens is 396 g/mol. The number of hydrogen-bond donors (Lipinski definition) is 0. The lowest BCUT2D eigenvalue weighted by Crippen LogP contribution is -2.28. The van der Waals surface area contributed by atoms with E-state index in [9.17, 15) is 0 Å². The van der Waals surface area contributed by atoms with Crippen molar-refractivity contribution in [3.05, 3.63) is 83.5 Å². The molecule has 2 aromatic carbocycles. The maximum atomic E-state index is 2.42. The van der Waals surface area contributed by atoms with Crippen molar-refractivity contribution < 1.29 is 4.57 Å². The zero-order valence-electron chi connectivity index (χ0n) is 18.8. The van der Waals surface area contributed by atoms with Gasteiger partial charge in [-0.3, -0.25) is 0 Å². The Bertz CT molecular complexity index is 1100. The maximum Gasteiger partial charge on any atom is 0.262 e. The Morgan fingerprint density at radius 2 is 1.71 bits per heavy atom. The molecule has 0 atom stereocenters. The van der Waals surface area contributed by atoms with Crippen LogP contribution in [0.4, 0.5) is 5.69 Å². The molecule has 0 fully saturated rings. The molecule has 0 saturated carbocycles. The highest BCUT2D eigenvalue weighted by molar-refractivity contribution is 7.18. The van der Waals surface area contributed by atoms with Gasteiger partial charge in [-0.1, -0.05) is 92.8 Å². The molecule has 1 aromatic heterocycles. The van der Waals surface area contributed by atoms with Gasteiger partial charge in [-0.15, -0.1) is 0 Å². The van der Waals surface area contributed by atoms with E-state index in [1.807, 2.05) is 11.3 Å². The summed E-state index contributed by atoms with van der Waals surface area (Å²) < 4.78 is 3.59. The topological polar surface area (TPSA) is 7.12 Å². The highest BCUT2D eigenvalue weighted by atomic mass is 32.1. The Labute approximate surface area is 190 Å². The van der Waals surface area contributed by atoms with Crippen LogP contribution in [0.5, 0.6) is 0 Å². The zero-order valence-corrected chi connectivity index (χ0v) is 19.6. The van der Waals surface area contributed by atoms with E-state index in [1.165, 1.54) is 70.6 Å². The molecule has 0 bridgehead atoms. The molecule has 0 saturated heterocycles. The molecule has 1 aliphatic rings. The summed E-state index contributed by atoms with van der Waals surface area (Å²) >= 11 is 1.83. The number of hydrogen-bond acceptors (Lipinski definition) is 2. The molecule has 1 aliphatic heterocycles. The van der Waals surface area contributed by atoms with Crippen molar-refractivity contribution in [2.75, 3.05) is 11.4 Å². The summed E-state index contributed by atoms with van der Waals surface area (Å²) in [6.45, 7) is 3.37. The monoisotopic (exact) mass is 429 g/mol. The van der Waals surface area contributed by atoms with Crippen LogP contribution in [-0.4, -0.2) is 6.54 Å². The van der Waals surface area contributed by atoms with Crippen molar-refractivity contribution in [2.24, 2.45) is 7.05 Å². The maximum absolute atomic E-state index is 2.42. The highest BCUT2D eigenvalue weighted by Crippen LogP contribution is 2.33. The van der Waals surface area contributed by atoms with Crippen LogP contribution in [-0.2, 0) is 7.05 Å². The Kier molecular flexibility index (Phi) is 7.37. The van der Waals surface area contributed by atoms with E-state index in [4.69, 9.17) is 0 Å². The molecule has 0 aliphatic carbocycles. The van der Waals surface area contributed by atoms with Gasteiger partial charge in [0.15, 0.2) is 0 Å². The number of nitrogens with zero attached hydrogens (tertiary/aromatic N) is 2. The average molecular weight is 430 g/mol. The summed E-state index contributed by atoms with van der Waals surface area (Å²) in [6, 6.07) is 17.4. The SMILES string of the molecule is CCCCCCCCN1C=C/C(=C/C=C/c2sc3ccccc3[n+]2C)c2ccccc21. The van der Waals surface area contributed by atoms with Crippen molar-refractivity contribution in [1.82, 2.24) is 0 Å². The standard InChI is InChI=1S/C28H33N2S/c1-3-4-5-6-7-12-21-30-22-20-23(24-15-8-9-16-25(24)30)14-13-19-28-29(2)26-17-10-11-18-27(26)31-28/h8-11,13-20,22H,3-7,12,21H2,1-2H3/q+1. The Morgan fingerprint density at radius 3 is 2.58 bits per heavy atom. The van der Waals surface area contributed by atoms with Crippen LogP contribution >= 0.6 is 11.3 Å². The summed E-state index contributed by atoms with van der Waals surface area (Å²) in [5.74, 6) is 0. The summed E-state index contributed by atoms with van der Waals surface area (Å²) in [6.07, 6.45) is 19.2. The van der Waals surface area contributed by atoms with Gasteiger partial charge in [0.25, 0.3) is 5.01 Å². The second-order valence-corrected chi connectivity index (χ2v) is 9.30. The van der Waals surface area contributed by atoms with Crippen LogP contribution in [0.2, 0.25) is 0 Å². The van der Waals surface area contributed by atoms with Gasteiger partial charge < -0.3 is 4.90 Å². The Hall–Kier alpha value is -2.65. The fourth-order valence-electron chi connectivity index (χ4n) is 4.21. The second-order valence-electron chi connectivity index (χ2n) is 8.24. The van der Waals surface area contributed by atoms with E-state index in [0.29, 0.717) is 0 Å². The smallest absolute Gasteiger partial charge is 0.262 e. The summed E-state index contributed by atoms with van der Waals surface area (Å²) in [5.41, 5.74) is 5.20. The lowest BCUT2D eigenvalue weighted by Gasteiger charge is -2.27. The third-order valence-electron chi connectivity index (χ3n) is 6.00. The normalized spacial score (nSPS) is 14.8. The van der Waals surface area contributed by atoms with E-state index in [1.54, 1.807) is 0 Å². The lowest BCUT2D eigenvalue weighted by molar-refractivity contribution is -0.642. The van der Waals surface area contributed by atoms with Gasteiger partial charge in [-0.05, 0) is 30.2 Å². The predicted molar refractivity (Wildman–Crippen MR) is 136 cm³/mol. The molecule has 4 rings (SSSR count). The number of para-hydroxylation sites is 2. The van der Waals surface area contributed by atoms with Crippen LogP contribution in [0, 0.1) is 0 Å². The van der Waals surface area contributed by atoms with E-state index in [0.717, 1.165) is 6.54 Å². The average Bonchev–Trinajstić information content (AvgIpc) is 3.13. The molecule has 0 radical (unpaired) electrons. The van der Waals surface area contributed by atoms with Gasteiger partial charge in [0, 0.05) is 36.1 Å². The van der Waals surface area contributed by atoms with Gasteiger partial charge in [0.05, 0.1) is 0 Å². The first-order valence-electron chi connectivity index (χ1n) is 11.6. The second kappa shape index (κ2) is 10.6. The van der Waals surface area contributed by atoms with Gasteiger partial charge >= 0.3 is 0 Å². The molecule has 3 aromatic rings. The van der Waals surface area contributed by atoms with Crippen LogP contribution in [0.3, 0.4) is 0 Å². The van der Waals surface area contributed by atoms with E-state index in [-0.39, 0.29) is 0 Å². The van der Waals surface area contributed by atoms with Gasteiger partial charge in [-0.25, -0.2) is 0 Å². The van der Waals surface area contributed by atoms with E-state index < -0.39 is 0 Å². The first-order chi connectivity index (χ1) is 15.3. The van der Waals surface area contributed by atoms with E-state index >= 15 is 0 Å². The molecule has 0 spiro atoms. The number of rotatable bonds is 9. The van der Waals surface area contributed by atoms with E-state index in [2.05, 4.69) is 102 Å². The third kappa shape index (κ3) is 5.16. The minimum atomic E-state index is 1.10. The molecule has 31 heavy (non-hydrogen) atoms. The number of anilines is 1. The highest BCUT2D eigenvalue weighted by Gasteiger charge is 2.16. The van der Waals surface area contributed by atoms with Crippen LogP contribution in [0.1, 0.15) is 56.0 Å². The Morgan fingerprint density at radius 1 is 0.935 bits per heavy atom. The number of thiazole rings is 1. The third-order valence-corrected chi connectivity index (χ3v) is 7.18. The van der Waals surface area contributed by atoms with Crippen molar-refractivity contribution in [3.63, 3.8) is 0 Å². The van der Waals surface area contributed by atoms with Crippen LogP contribution in [0.25, 0.3) is 21.9 Å². The molecule has 0 amide bonds. The quantitative estimate of drug-likeness (QED) is 0.252. The first kappa shape index (κ1) is 21.6. The van der Waals surface area contributed by atoms with Crippen molar-refractivity contribution in [3.8, 4) is 0 Å². The molecule has 3 heteroatoms. The number of unbranched alkanes of at least 4 members (excludes halogenated alkanes) is 5.